The van der Waals surface area contributed by atoms with Crippen LogP contribution in [-0.2, 0) is 12.8 Å². The standard InChI is InChI=1S/C23H31N3O/c1-26(18-21-12-13-21)22(16-20-10-6-3-7-11-20)17-25-23(27)24-15-14-19-8-4-2-5-9-19/h2-11,21-22H,12-18H2,1H3,(H2,24,25,27). The van der Waals surface area contributed by atoms with Crippen LogP contribution in [0.1, 0.15) is 24.0 Å². The monoisotopic (exact) mass is 365 g/mol. The molecule has 0 radical (unpaired) electrons. The molecule has 0 heterocycles. The van der Waals surface area contributed by atoms with E-state index < -0.39 is 0 Å². The molecule has 144 valence electrons. The average Bonchev–Trinajstić information content (AvgIpc) is 3.50. The van der Waals surface area contributed by atoms with E-state index in [9.17, 15) is 4.79 Å². The van der Waals surface area contributed by atoms with Gasteiger partial charge in [0.05, 0.1) is 0 Å². The van der Waals surface area contributed by atoms with Crippen molar-refractivity contribution in [2.45, 2.75) is 31.7 Å². The average molecular weight is 366 g/mol. The topological polar surface area (TPSA) is 44.4 Å². The number of hydrogen-bond acceptors (Lipinski definition) is 2. The number of urea groups is 1. The number of hydrogen-bond donors (Lipinski definition) is 2. The summed E-state index contributed by atoms with van der Waals surface area (Å²) in [5.74, 6) is 0.841. The molecule has 1 aliphatic rings. The molecular weight excluding hydrogens is 334 g/mol. The summed E-state index contributed by atoms with van der Waals surface area (Å²) in [6, 6.07) is 21.0. The third kappa shape index (κ3) is 7.06. The lowest BCUT2D eigenvalue weighted by Gasteiger charge is -2.28. The molecule has 4 nitrogen and oxygen atoms in total. The molecule has 2 aromatic carbocycles. The Balaban J connectivity index is 1.45. The highest BCUT2D eigenvalue weighted by Gasteiger charge is 2.26. The lowest BCUT2D eigenvalue weighted by molar-refractivity contribution is 0.214. The van der Waals surface area contributed by atoms with E-state index in [1.807, 2.05) is 24.3 Å². The highest BCUT2D eigenvalue weighted by atomic mass is 16.2. The van der Waals surface area contributed by atoms with Crippen LogP contribution in [-0.4, -0.2) is 43.7 Å². The molecule has 3 rings (SSSR count). The lowest BCUT2D eigenvalue weighted by Crippen LogP contribution is -2.47. The molecule has 27 heavy (non-hydrogen) atoms. The molecule has 1 unspecified atom stereocenters. The van der Waals surface area contributed by atoms with Gasteiger partial charge in [-0.2, -0.15) is 0 Å². The van der Waals surface area contributed by atoms with Crippen LogP contribution in [0, 0.1) is 5.92 Å². The van der Waals surface area contributed by atoms with Crippen LogP contribution < -0.4 is 10.6 Å². The van der Waals surface area contributed by atoms with Crippen molar-refractivity contribution in [1.82, 2.24) is 15.5 Å². The molecular formula is C23H31N3O. The van der Waals surface area contributed by atoms with Crippen LogP contribution in [0.25, 0.3) is 0 Å². The first-order chi connectivity index (χ1) is 13.2. The van der Waals surface area contributed by atoms with E-state index in [4.69, 9.17) is 0 Å². The third-order valence-electron chi connectivity index (χ3n) is 5.22. The first-order valence-electron chi connectivity index (χ1n) is 10.0. The van der Waals surface area contributed by atoms with Gasteiger partial charge in [-0.15, -0.1) is 0 Å². The number of nitrogens with one attached hydrogen (secondary N) is 2. The SMILES string of the molecule is CN(CC1CC1)C(CNC(=O)NCCc1ccccc1)Cc1ccccc1. The summed E-state index contributed by atoms with van der Waals surface area (Å²) in [5, 5.41) is 6.05. The summed E-state index contributed by atoms with van der Waals surface area (Å²) in [7, 11) is 2.18. The summed E-state index contributed by atoms with van der Waals surface area (Å²) < 4.78 is 0. The normalized spacial score (nSPS) is 14.7. The van der Waals surface area contributed by atoms with Gasteiger partial charge in [-0.05, 0) is 49.8 Å². The molecule has 0 spiro atoms. The molecule has 1 atom stereocenters. The lowest BCUT2D eigenvalue weighted by atomic mass is 10.0. The molecule has 1 fully saturated rings. The largest absolute Gasteiger partial charge is 0.338 e. The molecule has 1 saturated carbocycles. The summed E-state index contributed by atoms with van der Waals surface area (Å²) >= 11 is 0. The zero-order valence-electron chi connectivity index (χ0n) is 16.2. The predicted molar refractivity (Wildman–Crippen MR) is 111 cm³/mol. The van der Waals surface area contributed by atoms with Crippen molar-refractivity contribution in [3.8, 4) is 0 Å². The van der Waals surface area contributed by atoms with Crippen LogP contribution >= 0.6 is 0 Å². The summed E-state index contributed by atoms with van der Waals surface area (Å²) in [4.78, 5) is 14.6. The van der Waals surface area contributed by atoms with E-state index in [0.29, 0.717) is 19.1 Å². The number of carbonyl (C=O) groups is 1. The fourth-order valence-corrected chi connectivity index (χ4v) is 3.36. The molecule has 2 N–H and O–H groups in total. The van der Waals surface area contributed by atoms with Gasteiger partial charge in [0.25, 0.3) is 0 Å². The van der Waals surface area contributed by atoms with Crippen molar-refractivity contribution >= 4 is 6.03 Å². The minimum Gasteiger partial charge on any atom is -0.338 e. The summed E-state index contributed by atoms with van der Waals surface area (Å²) in [6.07, 6.45) is 4.49. The molecule has 0 bridgehead atoms. The second kappa shape index (κ2) is 10.1. The van der Waals surface area contributed by atoms with Crippen molar-refractivity contribution in [1.29, 1.82) is 0 Å². The van der Waals surface area contributed by atoms with Gasteiger partial charge in [0.1, 0.15) is 0 Å². The highest BCUT2D eigenvalue weighted by Crippen LogP contribution is 2.30. The summed E-state index contributed by atoms with van der Waals surface area (Å²) in [6.45, 7) is 2.43. The second-order valence-electron chi connectivity index (χ2n) is 7.60. The van der Waals surface area contributed by atoms with Gasteiger partial charge in [0.2, 0.25) is 0 Å². The Hall–Kier alpha value is -2.33. The van der Waals surface area contributed by atoms with Crippen LogP contribution in [0.2, 0.25) is 0 Å². The zero-order valence-corrected chi connectivity index (χ0v) is 16.2. The number of rotatable bonds is 10. The second-order valence-corrected chi connectivity index (χ2v) is 7.60. The molecule has 0 aromatic heterocycles. The van der Waals surface area contributed by atoms with E-state index in [1.54, 1.807) is 0 Å². The fourth-order valence-electron chi connectivity index (χ4n) is 3.36. The molecule has 2 amide bonds. The van der Waals surface area contributed by atoms with Crippen molar-refractivity contribution in [3.63, 3.8) is 0 Å². The summed E-state index contributed by atoms with van der Waals surface area (Å²) in [5.41, 5.74) is 2.56. The van der Waals surface area contributed by atoms with E-state index in [-0.39, 0.29) is 6.03 Å². The molecule has 0 saturated heterocycles. The number of amides is 2. The minimum atomic E-state index is -0.0798. The molecule has 4 heteroatoms. The van der Waals surface area contributed by atoms with Gasteiger partial charge in [-0.3, -0.25) is 0 Å². The Labute approximate surface area is 163 Å². The predicted octanol–water partition coefficient (Wildman–Crippen LogP) is 3.48. The maximum atomic E-state index is 12.2. The third-order valence-corrected chi connectivity index (χ3v) is 5.22. The number of benzene rings is 2. The maximum absolute atomic E-state index is 12.2. The maximum Gasteiger partial charge on any atom is 0.314 e. The molecule has 2 aromatic rings. The van der Waals surface area contributed by atoms with E-state index in [1.165, 1.54) is 24.0 Å². The first-order valence-corrected chi connectivity index (χ1v) is 10.0. The smallest absolute Gasteiger partial charge is 0.314 e. The van der Waals surface area contributed by atoms with Crippen LogP contribution in [0.4, 0.5) is 4.79 Å². The number of nitrogens with zero attached hydrogens (tertiary/aromatic N) is 1. The van der Waals surface area contributed by atoms with Crippen molar-refractivity contribution in [2.24, 2.45) is 5.92 Å². The fraction of sp³-hybridized carbons (Fsp3) is 0.435. The number of likely N-dealkylation sites (N-methyl/N-ethyl adjacent to an activating group) is 1. The van der Waals surface area contributed by atoms with Crippen molar-refractivity contribution in [2.75, 3.05) is 26.7 Å². The Bertz CT molecular complexity index is 685. The van der Waals surface area contributed by atoms with Crippen molar-refractivity contribution in [3.05, 3.63) is 71.8 Å². The van der Waals surface area contributed by atoms with Gasteiger partial charge >= 0.3 is 6.03 Å². The quantitative estimate of drug-likeness (QED) is 0.677. The van der Waals surface area contributed by atoms with Crippen LogP contribution in [0.5, 0.6) is 0 Å². The molecule has 0 aliphatic heterocycles. The Morgan fingerprint density at radius 3 is 2.26 bits per heavy atom. The van der Waals surface area contributed by atoms with E-state index in [2.05, 4.69) is 59.0 Å². The number of carbonyl (C=O) groups excluding carboxylic acids is 1. The van der Waals surface area contributed by atoms with Crippen LogP contribution in [0.15, 0.2) is 60.7 Å². The first kappa shape index (κ1) is 19.4. The Morgan fingerprint density at radius 1 is 1.00 bits per heavy atom. The van der Waals surface area contributed by atoms with Gasteiger partial charge in [-0.25, -0.2) is 4.79 Å². The Morgan fingerprint density at radius 2 is 1.63 bits per heavy atom. The van der Waals surface area contributed by atoms with Gasteiger partial charge in [-0.1, -0.05) is 60.7 Å². The Kier molecular flexibility index (Phi) is 7.28. The van der Waals surface area contributed by atoms with Crippen molar-refractivity contribution < 1.29 is 4.79 Å². The van der Waals surface area contributed by atoms with Gasteiger partial charge in [0, 0.05) is 25.7 Å². The van der Waals surface area contributed by atoms with E-state index >= 15 is 0 Å². The minimum absolute atomic E-state index is 0.0798. The highest BCUT2D eigenvalue weighted by molar-refractivity contribution is 5.73. The van der Waals surface area contributed by atoms with Gasteiger partial charge < -0.3 is 15.5 Å². The van der Waals surface area contributed by atoms with Gasteiger partial charge in [0.15, 0.2) is 0 Å². The zero-order chi connectivity index (χ0) is 18.9. The van der Waals surface area contributed by atoms with Crippen LogP contribution in [0.3, 0.4) is 0 Å². The molecule has 1 aliphatic carbocycles. The van der Waals surface area contributed by atoms with E-state index in [0.717, 1.165) is 25.3 Å².